The van der Waals surface area contributed by atoms with Crippen molar-refractivity contribution in [1.82, 2.24) is 15.5 Å². The molecule has 0 radical (unpaired) electrons. The highest BCUT2D eigenvalue weighted by molar-refractivity contribution is 14.0. The van der Waals surface area contributed by atoms with Crippen LogP contribution in [0.2, 0.25) is 0 Å². The number of fused-ring (bicyclic) bond motifs is 1. The quantitative estimate of drug-likeness (QED) is 0.231. The first-order chi connectivity index (χ1) is 14.1. The van der Waals surface area contributed by atoms with Crippen LogP contribution in [0.5, 0.6) is 5.75 Å². The third kappa shape index (κ3) is 7.63. The van der Waals surface area contributed by atoms with Gasteiger partial charge in [-0.25, -0.2) is 4.99 Å². The maximum atomic E-state index is 12.0. The lowest BCUT2D eigenvalue weighted by Gasteiger charge is -2.28. The van der Waals surface area contributed by atoms with E-state index in [0.717, 1.165) is 36.6 Å². The first-order valence-corrected chi connectivity index (χ1v) is 11.1. The number of ether oxygens (including phenoxy) is 1. The van der Waals surface area contributed by atoms with Crippen LogP contribution in [0, 0.1) is 5.92 Å². The van der Waals surface area contributed by atoms with Gasteiger partial charge in [0.1, 0.15) is 12.3 Å². The Morgan fingerprint density at radius 2 is 1.93 bits per heavy atom. The number of nitrogens with zero attached hydrogens (tertiary/aromatic N) is 2. The molecule has 1 saturated carbocycles. The first-order valence-electron chi connectivity index (χ1n) is 11.1. The number of aliphatic imine (C=N–C) groups is 1. The molecule has 1 atom stereocenters. The van der Waals surface area contributed by atoms with Crippen molar-refractivity contribution in [2.45, 2.75) is 57.4 Å². The van der Waals surface area contributed by atoms with Crippen LogP contribution >= 0.6 is 24.0 Å². The van der Waals surface area contributed by atoms with Gasteiger partial charge < -0.3 is 20.3 Å². The lowest BCUT2D eigenvalue weighted by atomic mass is 10.0. The topological polar surface area (TPSA) is 66.0 Å². The maximum absolute atomic E-state index is 12.0. The predicted molar refractivity (Wildman–Crippen MR) is 133 cm³/mol. The number of para-hydroxylation sites is 1. The van der Waals surface area contributed by atoms with Gasteiger partial charge in [0.15, 0.2) is 5.96 Å². The van der Waals surface area contributed by atoms with Gasteiger partial charge in [0.05, 0.1) is 12.6 Å². The molecule has 1 aliphatic carbocycles. The molecule has 1 fully saturated rings. The molecule has 1 aliphatic heterocycles. The Kier molecular flexibility index (Phi) is 10.7. The summed E-state index contributed by atoms with van der Waals surface area (Å²) in [6.45, 7) is 1.70. The molecule has 1 amide bonds. The number of rotatable bonds is 8. The summed E-state index contributed by atoms with van der Waals surface area (Å²) in [5.74, 6) is 2.58. The second-order valence-electron chi connectivity index (χ2n) is 8.40. The van der Waals surface area contributed by atoms with E-state index in [-0.39, 0.29) is 42.5 Å². The number of carbonyl (C=O) groups is 1. The van der Waals surface area contributed by atoms with E-state index in [1.807, 2.05) is 18.2 Å². The summed E-state index contributed by atoms with van der Waals surface area (Å²) in [5, 5.41) is 6.97. The van der Waals surface area contributed by atoms with E-state index in [1.54, 1.807) is 19.0 Å². The van der Waals surface area contributed by atoms with Gasteiger partial charge in [-0.15, -0.1) is 24.0 Å². The Morgan fingerprint density at radius 3 is 2.70 bits per heavy atom. The van der Waals surface area contributed by atoms with Gasteiger partial charge in [0, 0.05) is 32.6 Å². The number of nitrogens with one attached hydrogen (secondary N) is 2. The van der Waals surface area contributed by atoms with E-state index in [4.69, 9.17) is 4.74 Å². The number of hydrogen-bond donors (Lipinski definition) is 2. The molecule has 1 aromatic carbocycles. The summed E-state index contributed by atoms with van der Waals surface area (Å²) in [4.78, 5) is 18.1. The number of hydrogen-bond acceptors (Lipinski definition) is 3. The normalized spacial score (nSPS) is 18.7. The predicted octanol–water partition coefficient (Wildman–Crippen LogP) is 4.11. The van der Waals surface area contributed by atoms with E-state index >= 15 is 0 Å². The lowest BCUT2D eigenvalue weighted by Crippen LogP contribution is -2.42. The third-order valence-electron chi connectivity index (χ3n) is 5.95. The van der Waals surface area contributed by atoms with E-state index in [9.17, 15) is 4.79 Å². The van der Waals surface area contributed by atoms with E-state index in [1.165, 1.54) is 38.5 Å². The van der Waals surface area contributed by atoms with Gasteiger partial charge >= 0.3 is 0 Å². The Hall–Kier alpha value is -1.51. The lowest BCUT2D eigenvalue weighted by molar-refractivity contribution is -0.127. The standard InChI is InChI=1S/C23H36N4O2.HI/c1-27(2)22(28)17-25-23(24-15-8-7-11-18-9-3-4-10-18)26-20-14-16-29-21-13-6-5-12-19(20)21;/h5-6,12-13,18,20H,3-4,7-11,14-17H2,1-2H3,(H2,24,25,26);1H. The van der Waals surface area contributed by atoms with Crippen molar-refractivity contribution in [2.75, 3.05) is 33.8 Å². The zero-order valence-electron chi connectivity index (χ0n) is 18.4. The van der Waals surface area contributed by atoms with Crippen molar-refractivity contribution in [3.8, 4) is 5.75 Å². The molecule has 0 spiro atoms. The second-order valence-corrected chi connectivity index (χ2v) is 8.40. The minimum atomic E-state index is -0.000268. The summed E-state index contributed by atoms with van der Waals surface area (Å²) < 4.78 is 5.77. The van der Waals surface area contributed by atoms with Gasteiger partial charge in [-0.05, 0) is 18.4 Å². The fourth-order valence-electron chi connectivity index (χ4n) is 4.16. The van der Waals surface area contributed by atoms with E-state index < -0.39 is 0 Å². The van der Waals surface area contributed by atoms with E-state index in [0.29, 0.717) is 12.6 Å². The van der Waals surface area contributed by atoms with Crippen LogP contribution < -0.4 is 15.4 Å². The summed E-state index contributed by atoms with van der Waals surface area (Å²) >= 11 is 0. The van der Waals surface area contributed by atoms with Crippen LogP contribution in [0.25, 0.3) is 0 Å². The zero-order chi connectivity index (χ0) is 20.5. The Morgan fingerprint density at radius 1 is 1.17 bits per heavy atom. The van der Waals surface area contributed by atoms with Crippen LogP contribution in [0.15, 0.2) is 29.3 Å². The van der Waals surface area contributed by atoms with Crippen molar-refractivity contribution in [3.05, 3.63) is 29.8 Å². The molecular weight excluding hydrogens is 491 g/mol. The molecular formula is C23H37IN4O2. The molecule has 6 nitrogen and oxygen atoms in total. The van der Waals surface area contributed by atoms with Crippen LogP contribution in [0.4, 0.5) is 0 Å². The number of likely N-dealkylation sites (N-methyl/N-ethyl adjacent to an activating group) is 1. The van der Waals surface area contributed by atoms with Gasteiger partial charge in [-0.2, -0.15) is 0 Å². The molecule has 168 valence electrons. The third-order valence-corrected chi connectivity index (χ3v) is 5.95. The van der Waals surface area contributed by atoms with Crippen molar-refractivity contribution in [2.24, 2.45) is 10.9 Å². The van der Waals surface area contributed by atoms with Gasteiger partial charge in [0.25, 0.3) is 0 Å². The average Bonchev–Trinajstić information content (AvgIpc) is 3.25. The SMILES string of the molecule is CN(C)C(=O)CN=C(NCCCCC1CCCC1)NC1CCOc2ccccc21.I. The molecule has 0 saturated heterocycles. The maximum Gasteiger partial charge on any atom is 0.243 e. The zero-order valence-corrected chi connectivity index (χ0v) is 20.7. The first kappa shape index (κ1) is 24.8. The second kappa shape index (κ2) is 13.0. The summed E-state index contributed by atoms with van der Waals surface area (Å²) in [6.07, 6.45) is 10.3. The monoisotopic (exact) mass is 528 g/mol. The number of halogens is 1. The Labute approximate surface area is 198 Å². The highest BCUT2D eigenvalue weighted by Crippen LogP contribution is 2.31. The molecule has 7 heteroatoms. The van der Waals surface area contributed by atoms with Gasteiger partial charge in [-0.1, -0.05) is 56.7 Å². The fraction of sp³-hybridized carbons (Fsp3) is 0.652. The van der Waals surface area contributed by atoms with Gasteiger partial charge in [0.2, 0.25) is 5.91 Å². The number of unbranched alkanes of at least 4 members (excludes halogenated alkanes) is 1. The van der Waals surface area contributed by atoms with Crippen LogP contribution in [-0.2, 0) is 4.79 Å². The molecule has 1 heterocycles. The molecule has 1 aromatic rings. The van der Waals surface area contributed by atoms with E-state index in [2.05, 4.69) is 21.7 Å². The molecule has 3 rings (SSSR count). The summed E-state index contributed by atoms with van der Waals surface area (Å²) in [7, 11) is 3.52. The molecule has 0 bridgehead atoms. The Bertz CT molecular complexity index is 690. The Balaban J connectivity index is 0.00000320. The smallest absolute Gasteiger partial charge is 0.243 e. The molecule has 0 aromatic heterocycles. The fourth-order valence-corrected chi connectivity index (χ4v) is 4.16. The van der Waals surface area contributed by atoms with Crippen LogP contribution in [-0.4, -0.2) is 50.6 Å². The average molecular weight is 528 g/mol. The van der Waals surface area contributed by atoms with Crippen LogP contribution in [0.1, 0.15) is 63.0 Å². The van der Waals surface area contributed by atoms with Gasteiger partial charge in [-0.3, -0.25) is 4.79 Å². The number of amides is 1. The van der Waals surface area contributed by atoms with Crippen molar-refractivity contribution in [1.29, 1.82) is 0 Å². The minimum Gasteiger partial charge on any atom is -0.493 e. The summed E-state index contributed by atoms with van der Waals surface area (Å²) in [6, 6.07) is 8.27. The number of guanidine groups is 1. The largest absolute Gasteiger partial charge is 0.493 e. The van der Waals surface area contributed by atoms with Crippen LogP contribution in [0.3, 0.4) is 0 Å². The number of carbonyl (C=O) groups excluding carboxylic acids is 1. The molecule has 2 aliphatic rings. The highest BCUT2D eigenvalue weighted by Gasteiger charge is 2.22. The molecule has 2 N–H and O–H groups in total. The highest BCUT2D eigenvalue weighted by atomic mass is 127. The van der Waals surface area contributed by atoms with Crippen molar-refractivity contribution in [3.63, 3.8) is 0 Å². The molecule has 30 heavy (non-hydrogen) atoms. The molecule has 1 unspecified atom stereocenters. The summed E-state index contributed by atoms with van der Waals surface area (Å²) in [5.41, 5.74) is 1.15. The minimum absolute atomic E-state index is 0. The van der Waals surface area contributed by atoms with Crippen molar-refractivity contribution >= 4 is 35.8 Å². The van der Waals surface area contributed by atoms with Crippen molar-refractivity contribution < 1.29 is 9.53 Å². The number of benzene rings is 1.